The van der Waals surface area contributed by atoms with Crippen LogP contribution in [-0.2, 0) is 6.54 Å². The van der Waals surface area contributed by atoms with E-state index < -0.39 is 0 Å². The Balaban J connectivity index is 1.43. The molecule has 2 heterocycles. The smallest absolute Gasteiger partial charge is 0.319 e. The van der Waals surface area contributed by atoms with Gasteiger partial charge in [0.25, 0.3) is 0 Å². The van der Waals surface area contributed by atoms with Crippen molar-refractivity contribution in [2.24, 2.45) is 0 Å². The number of nitrogens with zero attached hydrogens (tertiary/aromatic N) is 1. The zero-order valence-electron chi connectivity index (χ0n) is 16.3. The van der Waals surface area contributed by atoms with Crippen LogP contribution in [0.2, 0.25) is 5.02 Å². The molecule has 0 bridgehead atoms. The number of carbonyl (C=O) groups is 1. The summed E-state index contributed by atoms with van der Waals surface area (Å²) in [5.74, 6) is 1.33. The number of halogens is 1. The van der Waals surface area contributed by atoms with Crippen LogP contribution in [-0.4, -0.2) is 23.8 Å². The molecule has 0 spiro atoms. The quantitative estimate of drug-likeness (QED) is 0.645. The van der Waals surface area contributed by atoms with Gasteiger partial charge >= 0.3 is 6.03 Å². The Kier molecular flexibility index (Phi) is 5.36. The van der Waals surface area contributed by atoms with Gasteiger partial charge in [-0.25, -0.2) is 4.79 Å². The number of fused-ring (bicyclic) bond motifs is 1. The number of benzene rings is 2. The lowest BCUT2D eigenvalue weighted by Crippen LogP contribution is -2.28. The van der Waals surface area contributed by atoms with Crippen molar-refractivity contribution in [3.8, 4) is 17.2 Å². The number of aromatic nitrogens is 1. The number of nitrogens with one attached hydrogen (secondary N) is 2. The second kappa shape index (κ2) is 8.09. The first-order valence-electron chi connectivity index (χ1n) is 9.39. The average molecular weight is 412 g/mol. The second-order valence-corrected chi connectivity index (χ2v) is 7.31. The third kappa shape index (κ3) is 4.17. The van der Waals surface area contributed by atoms with Crippen LogP contribution in [0.4, 0.5) is 10.5 Å². The normalized spacial score (nSPS) is 12.5. The Bertz CT molecular complexity index is 1060. The van der Waals surface area contributed by atoms with Crippen molar-refractivity contribution in [1.82, 2.24) is 9.88 Å². The van der Waals surface area contributed by atoms with Gasteiger partial charge < -0.3 is 24.7 Å². The van der Waals surface area contributed by atoms with Crippen molar-refractivity contribution in [1.29, 1.82) is 0 Å². The Labute approximate surface area is 174 Å². The monoisotopic (exact) mass is 411 g/mol. The van der Waals surface area contributed by atoms with Gasteiger partial charge in [-0.15, -0.1) is 0 Å². The Morgan fingerprint density at radius 2 is 1.86 bits per heavy atom. The van der Waals surface area contributed by atoms with Crippen molar-refractivity contribution in [2.45, 2.75) is 20.4 Å². The maximum Gasteiger partial charge on any atom is 0.319 e. The molecule has 0 aliphatic carbocycles. The summed E-state index contributed by atoms with van der Waals surface area (Å²) in [7, 11) is 0. The highest BCUT2D eigenvalue weighted by atomic mass is 35.5. The number of hydrogen-bond acceptors (Lipinski definition) is 3. The minimum absolute atomic E-state index is 0.283. The minimum Gasteiger partial charge on any atom is -0.486 e. The zero-order valence-corrected chi connectivity index (χ0v) is 17.0. The highest BCUT2D eigenvalue weighted by molar-refractivity contribution is 6.30. The topological polar surface area (TPSA) is 64.5 Å². The van der Waals surface area contributed by atoms with Crippen LogP contribution < -0.4 is 20.1 Å². The summed E-state index contributed by atoms with van der Waals surface area (Å²) in [5, 5.41) is 6.43. The maximum atomic E-state index is 12.4. The molecule has 0 saturated heterocycles. The molecule has 7 heteroatoms. The molecule has 29 heavy (non-hydrogen) atoms. The molecule has 2 amide bonds. The van der Waals surface area contributed by atoms with E-state index in [-0.39, 0.29) is 6.03 Å². The molecule has 0 radical (unpaired) electrons. The third-order valence-electron chi connectivity index (χ3n) is 4.84. The Morgan fingerprint density at radius 1 is 1.07 bits per heavy atom. The molecule has 1 aliphatic heterocycles. The number of anilines is 1. The van der Waals surface area contributed by atoms with E-state index in [0.717, 1.165) is 22.6 Å². The number of amides is 2. The molecule has 4 rings (SSSR count). The van der Waals surface area contributed by atoms with Crippen molar-refractivity contribution in [2.75, 3.05) is 18.5 Å². The summed E-state index contributed by atoms with van der Waals surface area (Å²) in [4.78, 5) is 12.4. The van der Waals surface area contributed by atoms with E-state index >= 15 is 0 Å². The minimum atomic E-state index is -0.283. The van der Waals surface area contributed by atoms with E-state index in [4.69, 9.17) is 21.1 Å². The molecule has 2 N–H and O–H groups in total. The first kappa shape index (κ1) is 19.2. The lowest BCUT2D eigenvalue weighted by atomic mass is 10.2. The van der Waals surface area contributed by atoms with Crippen molar-refractivity contribution in [3.05, 3.63) is 70.5 Å². The SMILES string of the molecule is Cc1cc(CNC(=O)Nc2ccc3c(c2)OCCO3)c(C)n1-c1cccc(Cl)c1. The van der Waals surface area contributed by atoms with Gasteiger partial charge in [-0.2, -0.15) is 0 Å². The Morgan fingerprint density at radius 3 is 2.66 bits per heavy atom. The van der Waals surface area contributed by atoms with E-state index in [1.165, 1.54) is 0 Å². The fourth-order valence-electron chi connectivity index (χ4n) is 3.49. The van der Waals surface area contributed by atoms with Crippen LogP contribution in [0.15, 0.2) is 48.5 Å². The van der Waals surface area contributed by atoms with Crippen molar-refractivity contribution >= 4 is 23.3 Å². The van der Waals surface area contributed by atoms with Gasteiger partial charge in [-0.1, -0.05) is 17.7 Å². The second-order valence-electron chi connectivity index (χ2n) is 6.88. The summed E-state index contributed by atoms with van der Waals surface area (Å²) in [6.45, 7) is 5.52. The fraction of sp³-hybridized carbons (Fsp3) is 0.227. The molecule has 0 atom stereocenters. The number of ether oxygens (including phenoxy) is 2. The standard InChI is InChI=1S/C22H22ClN3O3/c1-14-10-16(15(2)26(14)19-5-3-4-17(23)11-19)13-24-22(27)25-18-6-7-20-21(12-18)29-9-8-28-20/h3-7,10-12H,8-9,13H2,1-2H3,(H2,24,25,27). The maximum absolute atomic E-state index is 12.4. The molecule has 6 nitrogen and oxygen atoms in total. The van der Waals surface area contributed by atoms with E-state index in [1.54, 1.807) is 18.2 Å². The summed E-state index contributed by atoms with van der Waals surface area (Å²) in [6.07, 6.45) is 0. The molecule has 0 fully saturated rings. The lowest BCUT2D eigenvalue weighted by molar-refractivity contribution is 0.171. The van der Waals surface area contributed by atoms with Gasteiger partial charge in [0.1, 0.15) is 13.2 Å². The molecule has 0 saturated carbocycles. The third-order valence-corrected chi connectivity index (χ3v) is 5.08. The summed E-state index contributed by atoms with van der Waals surface area (Å²) in [6, 6.07) is 14.8. The molecule has 1 aromatic heterocycles. The van der Waals surface area contributed by atoms with Crippen LogP contribution in [0.5, 0.6) is 11.5 Å². The molecule has 1 aliphatic rings. The van der Waals surface area contributed by atoms with Crippen LogP contribution in [0.25, 0.3) is 5.69 Å². The summed E-state index contributed by atoms with van der Waals surface area (Å²) < 4.78 is 13.2. The van der Waals surface area contributed by atoms with Gasteiger partial charge in [0.05, 0.1) is 0 Å². The largest absolute Gasteiger partial charge is 0.486 e. The van der Waals surface area contributed by atoms with Gasteiger partial charge in [0, 0.05) is 40.4 Å². The lowest BCUT2D eigenvalue weighted by Gasteiger charge is -2.19. The van der Waals surface area contributed by atoms with E-state index in [0.29, 0.717) is 42.0 Å². The van der Waals surface area contributed by atoms with E-state index in [2.05, 4.69) is 21.3 Å². The van der Waals surface area contributed by atoms with Gasteiger partial charge in [-0.05, 0) is 55.8 Å². The van der Waals surface area contributed by atoms with Gasteiger partial charge in [0.2, 0.25) is 0 Å². The predicted molar refractivity (Wildman–Crippen MR) is 114 cm³/mol. The van der Waals surface area contributed by atoms with Crippen LogP contribution in [0, 0.1) is 13.8 Å². The Hall–Kier alpha value is -3.12. The van der Waals surface area contributed by atoms with Crippen LogP contribution >= 0.6 is 11.6 Å². The summed E-state index contributed by atoms with van der Waals surface area (Å²) in [5.41, 5.74) is 4.83. The number of rotatable bonds is 4. The highest BCUT2D eigenvalue weighted by Gasteiger charge is 2.14. The molecular formula is C22H22ClN3O3. The molecular weight excluding hydrogens is 390 g/mol. The molecule has 2 aromatic carbocycles. The van der Waals surface area contributed by atoms with Gasteiger partial charge in [-0.3, -0.25) is 0 Å². The van der Waals surface area contributed by atoms with Crippen molar-refractivity contribution < 1.29 is 14.3 Å². The average Bonchev–Trinajstić information content (AvgIpc) is 2.99. The fourth-order valence-corrected chi connectivity index (χ4v) is 3.68. The number of hydrogen-bond donors (Lipinski definition) is 2. The number of aryl methyl sites for hydroxylation is 1. The van der Waals surface area contributed by atoms with Gasteiger partial charge in [0.15, 0.2) is 11.5 Å². The highest BCUT2D eigenvalue weighted by Crippen LogP contribution is 2.32. The first-order valence-corrected chi connectivity index (χ1v) is 9.77. The van der Waals surface area contributed by atoms with E-state index in [9.17, 15) is 4.79 Å². The summed E-state index contributed by atoms with van der Waals surface area (Å²) >= 11 is 6.13. The van der Waals surface area contributed by atoms with Crippen molar-refractivity contribution in [3.63, 3.8) is 0 Å². The number of urea groups is 1. The molecule has 0 unspecified atom stereocenters. The number of carbonyl (C=O) groups excluding carboxylic acids is 1. The predicted octanol–water partition coefficient (Wildman–Crippen LogP) is 4.84. The van der Waals surface area contributed by atoms with E-state index in [1.807, 2.05) is 38.1 Å². The molecule has 3 aromatic rings. The van der Waals surface area contributed by atoms with Crippen LogP contribution in [0.3, 0.4) is 0 Å². The first-order chi connectivity index (χ1) is 14.0. The van der Waals surface area contributed by atoms with Crippen LogP contribution in [0.1, 0.15) is 17.0 Å². The zero-order chi connectivity index (χ0) is 20.4. The molecule has 150 valence electrons.